The Hall–Kier alpha value is -2.64. The van der Waals surface area contributed by atoms with Crippen LogP contribution in [0, 0.1) is 13.8 Å². The second-order valence-electron chi connectivity index (χ2n) is 6.17. The fraction of sp³-hybridized carbons (Fsp3) is 0.500. The molecule has 0 fully saturated rings. The van der Waals surface area contributed by atoms with Gasteiger partial charge in [-0.3, -0.25) is 14.6 Å². The minimum atomic E-state index is -1.03. The van der Waals surface area contributed by atoms with Crippen molar-refractivity contribution in [3.05, 3.63) is 33.9 Å². The number of carbonyl (C=O) groups excluding carboxylic acids is 1. The standard InChI is InChI=1S/C16H21N5O3/c1-9-11(10(2)20(3)19-9)4-5-14(22)21-7-6-12-13(8-21)17-18-15(12)16(23)24/h4-8H2,1-3H3,(H,17,18)(H,23,24). The van der Waals surface area contributed by atoms with Gasteiger partial charge in [0.2, 0.25) is 5.91 Å². The smallest absolute Gasteiger partial charge is 0.356 e. The second-order valence-corrected chi connectivity index (χ2v) is 6.17. The number of hydrogen-bond donors (Lipinski definition) is 2. The average molecular weight is 331 g/mol. The second kappa shape index (κ2) is 6.10. The van der Waals surface area contributed by atoms with E-state index in [2.05, 4.69) is 15.3 Å². The van der Waals surface area contributed by atoms with E-state index in [1.165, 1.54) is 0 Å². The number of aromatic nitrogens is 4. The Morgan fingerprint density at radius 1 is 1.33 bits per heavy atom. The van der Waals surface area contributed by atoms with Crippen LogP contribution < -0.4 is 0 Å². The van der Waals surface area contributed by atoms with Crippen LogP contribution in [0.5, 0.6) is 0 Å². The summed E-state index contributed by atoms with van der Waals surface area (Å²) >= 11 is 0. The van der Waals surface area contributed by atoms with E-state index in [1.54, 1.807) is 4.90 Å². The Labute approximate surface area is 139 Å². The largest absolute Gasteiger partial charge is 0.476 e. The lowest BCUT2D eigenvalue weighted by Gasteiger charge is -2.26. The first-order chi connectivity index (χ1) is 11.4. The highest BCUT2D eigenvalue weighted by molar-refractivity contribution is 5.87. The number of fused-ring (bicyclic) bond motifs is 1. The molecule has 0 aromatic carbocycles. The topological polar surface area (TPSA) is 104 Å². The Morgan fingerprint density at radius 2 is 2.08 bits per heavy atom. The highest BCUT2D eigenvalue weighted by Crippen LogP contribution is 2.21. The maximum Gasteiger partial charge on any atom is 0.356 e. The Morgan fingerprint density at radius 3 is 2.71 bits per heavy atom. The Bertz CT molecular complexity index is 805. The first-order valence-corrected chi connectivity index (χ1v) is 7.94. The molecule has 3 rings (SSSR count). The Balaban J connectivity index is 1.65. The van der Waals surface area contributed by atoms with Gasteiger partial charge in [-0.1, -0.05) is 0 Å². The molecule has 2 aromatic rings. The minimum Gasteiger partial charge on any atom is -0.476 e. The van der Waals surface area contributed by atoms with Gasteiger partial charge in [-0.05, 0) is 32.3 Å². The van der Waals surface area contributed by atoms with Crippen molar-refractivity contribution in [3.8, 4) is 0 Å². The molecule has 24 heavy (non-hydrogen) atoms. The van der Waals surface area contributed by atoms with Gasteiger partial charge < -0.3 is 10.0 Å². The number of amides is 1. The molecular weight excluding hydrogens is 310 g/mol. The molecule has 0 spiro atoms. The van der Waals surface area contributed by atoms with Crippen LogP contribution in [-0.2, 0) is 31.2 Å². The maximum atomic E-state index is 12.5. The zero-order valence-corrected chi connectivity index (χ0v) is 14.1. The summed E-state index contributed by atoms with van der Waals surface area (Å²) in [5.41, 5.74) is 4.67. The first kappa shape index (κ1) is 16.2. The highest BCUT2D eigenvalue weighted by Gasteiger charge is 2.27. The molecule has 2 aromatic heterocycles. The fourth-order valence-corrected chi connectivity index (χ4v) is 3.28. The van der Waals surface area contributed by atoms with Crippen molar-refractivity contribution in [2.45, 2.75) is 39.7 Å². The quantitative estimate of drug-likeness (QED) is 0.869. The highest BCUT2D eigenvalue weighted by atomic mass is 16.4. The molecule has 128 valence electrons. The van der Waals surface area contributed by atoms with Crippen molar-refractivity contribution in [1.29, 1.82) is 0 Å². The zero-order valence-electron chi connectivity index (χ0n) is 14.1. The molecule has 1 aliphatic rings. The number of H-pyrrole nitrogens is 1. The Kier molecular flexibility index (Phi) is 4.13. The first-order valence-electron chi connectivity index (χ1n) is 7.94. The molecule has 3 heterocycles. The van der Waals surface area contributed by atoms with Gasteiger partial charge in [0, 0.05) is 31.3 Å². The number of aromatic carboxylic acids is 1. The van der Waals surface area contributed by atoms with E-state index in [-0.39, 0.29) is 11.6 Å². The summed E-state index contributed by atoms with van der Waals surface area (Å²) in [6, 6.07) is 0. The molecule has 0 unspecified atom stereocenters. The predicted molar refractivity (Wildman–Crippen MR) is 85.7 cm³/mol. The van der Waals surface area contributed by atoms with Gasteiger partial charge in [0.15, 0.2) is 5.69 Å². The number of nitrogens with zero attached hydrogens (tertiary/aromatic N) is 4. The zero-order chi connectivity index (χ0) is 17.4. The molecule has 8 heteroatoms. The number of carboxylic acid groups (broad SMARTS) is 1. The summed E-state index contributed by atoms with van der Waals surface area (Å²) < 4.78 is 1.83. The molecule has 0 bridgehead atoms. The molecule has 0 radical (unpaired) electrons. The number of rotatable bonds is 4. The number of carbonyl (C=O) groups is 2. The van der Waals surface area contributed by atoms with E-state index in [9.17, 15) is 9.59 Å². The minimum absolute atomic E-state index is 0.0646. The lowest BCUT2D eigenvalue weighted by atomic mass is 10.0. The molecule has 0 saturated carbocycles. The summed E-state index contributed by atoms with van der Waals surface area (Å²) in [7, 11) is 1.90. The third-order valence-corrected chi connectivity index (χ3v) is 4.74. The SMILES string of the molecule is Cc1nn(C)c(C)c1CCC(=O)N1CCc2c(C(=O)O)n[nH]c2C1. The van der Waals surface area contributed by atoms with Crippen LogP contribution in [0.15, 0.2) is 0 Å². The van der Waals surface area contributed by atoms with Crippen molar-refractivity contribution in [2.75, 3.05) is 6.54 Å². The van der Waals surface area contributed by atoms with Crippen molar-refractivity contribution < 1.29 is 14.7 Å². The van der Waals surface area contributed by atoms with Crippen LogP contribution in [0.25, 0.3) is 0 Å². The number of aromatic amines is 1. The van der Waals surface area contributed by atoms with Crippen molar-refractivity contribution in [2.24, 2.45) is 7.05 Å². The summed E-state index contributed by atoms with van der Waals surface area (Å²) in [4.78, 5) is 25.4. The number of nitrogens with one attached hydrogen (secondary N) is 1. The normalized spacial score (nSPS) is 13.9. The van der Waals surface area contributed by atoms with Gasteiger partial charge >= 0.3 is 5.97 Å². The van der Waals surface area contributed by atoms with Gasteiger partial charge in [-0.15, -0.1) is 0 Å². The van der Waals surface area contributed by atoms with E-state index < -0.39 is 5.97 Å². The number of hydrogen-bond acceptors (Lipinski definition) is 4. The molecule has 2 N–H and O–H groups in total. The molecule has 1 aliphatic heterocycles. The third-order valence-electron chi connectivity index (χ3n) is 4.74. The van der Waals surface area contributed by atoms with Gasteiger partial charge in [0.05, 0.1) is 17.9 Å². The molecule has 1 amide bonds. The van der Waals surface area contributed by atoms with E-state index in [0.29, 0.717) is 37.9 Å². The van der Waals surface area contributed by atoms with Crippen LogP contribution in [-0.4, -0.2) is 48.4 Å². The number of carboxylic acids is 1. The van der Waals surface area contributed by atoms with Gasteiger partial charge in [-0.25, -0.2) is 4.79 Å². The average Bonchev–Trinajstić information content (AvgIpc) is 3.06. The van der Waals surface area contributed by atoms with Crippen LogP contribution in [0.4, 0.5) is 0 Å². The van der Waals surface area contributed by atoms with E-state index >= 15 is 0 Å². The van der Waals surface area contributed by atoms with Gasteiger partial charge in [0.1, 0.15) is 0 Å². The monoisotopic (exact) mass is 331 g/mol. The van der Waals surface area contributed by atoms with Crippen molar-refractivity contribution >= 4 is 11.9 Å². The van der Waals surface area contributed by atoms with Crippen LogP contribution in [0.2, 0.25) is 0 Å². The van der Waals surface area contributed by atoms with Crippen LogP contribution >= 0.6 is 0 Å². The molecule has 0 aliphatic carbocycles. The van der Waals surface area contributed by atoms with Crippen molar-refractivity contribution in [1.82, 2.24) is 24.9 Å². The lowest BCUT2D eigenvalue weighted by molar-refractivity contribution is -0.132. The molecule has 8 nitrogen and oxygen atoms in total. The van der Waals surface area contributed by atoms with E-state index in [4.69, 9.17) is 5.11 Å². The van der Waals surface area contributed by atoms with Crippen molar-refractivity contribution in [3.63, 3.8) is 0 Å². The van der Waals surface area contributed by atoms with E-state index in [1.807, 2.05) is 25.6 Å². The van der Waals surface area contributed by atoms with Gasteiger partial charge in [-0.2, -0.15) is 10.2 Å². The van der Waals surface area contributed by atoms with E-state index in [0.717, 1.165) is 22.6 Å². The predicted octanol–water partition coefficient (Wildman–Crippen LogP) is 0.976. The summed E-state index contributed by atoms with van der Waals surface area (Å²) in [5, 5.41) is 20.1. The molecule has 0 atom stereocenters. The summed E-state index contributed by atoms with van der Waals surface area (Å²) in [6.45, 7) is 4.87. The van der Waals surface area contributed by atoms with Crippen LogP contribution in [0.3, 0.4) is 0 Å². The third kappa shape index (κ3) is 2.79. The lowest BCUT2D eigenvalue weighted by Crippen LogP contribution is -2.36. The number of aryl methyl sites for hydroxylation is 2. The summed E-state index contributed by atoms with van der Waals surface area (Å²) in [6.07, 6.45) is 1.60. The van der Waals surface area contributed by atoms with Crippen LogP contribution in [0.1, 0.15) is 45.1 Å². The molecule has 0 saturated heterocycles. The summed E-state index contributed by atoms with van der Waals surface area (Å²) in [5.74, 6) is -0.968. The fourth-order valence-electron chi connectivity index (χ4n) is 3.28. The maximum absolute atomic E-state index is 12.5. The van der Waals surface area contributed by atoms with Gasteiger partial charge in [0.25, 0.3) is 0 Å². The molecular formula is C16H21N5O3.